The van der Waals surface area contributed by atoms with E-state index in [0.29, 0.717) is 5.56 Å². The largest absolute Gasteiger partial charge is 0.333 e. The van der Waals surface area contributed by atoms with Crippen LogP contribution in [0.4, 0.5) is 0 Å². The molecule has 0 saturated heterocycles. The SMILES string of the molecule is C=Cc1ccc(C(=O)N[C@@](C)(C#N)C(C)(C)C)cc1. The van der Waals surface area contributed by atoms with Crippen LogP contribution in [0.3, 0.4) is 0 Å². The summed E-state index contributed by atoms with van der Waals surface area (Å²) in [5, 5.41) is 12.1. The highest BCUT2D eigenvalue weighted by atomic mass is 16.1. The molecule has 0 unspecified atom stereocenters. The molecule has 3 nitrogen and oxygen atoms in total. The highest BCUT2D eigenvalue weighted by Crippen LogP contribution is 2.29. The average Bonchev–Trinajstić information content (AvgIpc) is 2.37. The van der Waals surface area contributed by atoms with E-state index in [9.17, 15) is 10.1 Å². The van der Waals surface area contributed by atoms with Crippen molar-refractivity contribution in [2.45, 2.75) is 33.2 Å². The van der Waals surface area contributed by atoms with Gasteiger partial charge in [0.25, 0.3) is 5.91 Å². The number of rotatable bonds is 3. The highest BCUT2D eigenvalue weighted by molar-refractivity contribution is 5.95. The molecule has 0 aliphatic rings. The van der Waals surface area contributed by atoms with E-state index in [-0.39, 0.29) is 11.3 Å². The van der Waals surface area contributed by atoms with Crippen molar-refractivity contribution in [3.8, 4) is 6.07 Å². The fourth-order valence-electron chi connectivity index (χ4n) is 1.45. The first kappa shape index (κ1) is 15.0. The van der Waals surface area contributed by atoms with Gasteiger partial charge in [-0.3, -0.25) is 4.79 Å². The van der Waals surface area contributed by atoms with Crippen molar-refractivity contribution in [1.29, 1.82) is 5.26 Å². The van der Waals surface area contributed by atoms with Crippen molar-refractivity contribution in [3.63, 3.8) is 0 Å². The summed E-state index contributed by atoms with van der Waals surface area (Å²) in [4.78, 5) is 12.2. The Hall–Kier alpha value is -2.08. The van der Waals surface area contributed by atoms with Gasteiger partial charge in [-0.2, -0.15) is 5.26 Å². The normalized spacial score (nSPS) is 14.1. The summed E-state index contributed by atoms with van der Waals surface area (Å²) in [5.74, 6) is -0.241. The molecular formula is C16H20N2O. The zero-order valence-corrected chi connectivity index (χ0v) is 11.9. The van der Waals surface area contributed by atoms with Crippen molar-refractivity contribution >= 4 is 12.0 Å². The third-order valence-electron chi connectivity index (χ3n) is 3.50. The molecule has 0 fully saturated rings. The number of benzene rings is 1. The van der Waals surface area contributed by atoms with E-state index >= 15 is 0 Å². The van der Waals surface area contributed by atoms with Crippen LogP contribution in [-0.2, 0) is 0 Å². The van der Waals surface area contributed by atoms with Gasteiger partial charge < -0.3 is 5.32 Å². The number of nitrogens with one attached hydrogen (secondary N) is 1. The van der Waals surface area contributed by atoms with Gasteiger partial charge in [-0.25, -0.2) is 0 Å². The van der Waals surface area contributed by atoms with Crippen LogP contribution in [-0.4, -0.2) is 11.4 Å². The Bertz CT molecular complexity index is 517. The number of hydrogen-bond donors (Lipinski definition) is 1. The highest BCUT2D eigenvalue weighted by Gasteiger charge is 2.39. The molecule has 1 aromatic rings. The molecule has 0 aliphatic heterocycles. The van der Waals surface area contributed by atoms with Gasteiger partial charge in [0.2, 0.25) is 0 Å². The smallest absolute Gasteiger partial charge is 0.252 e. The summed E-state index contributed by atoms with van der Waals surface area (Å²) in [6, 6.07) is 9.30. The molecule has 1 atom stereocenters. The lowest BCUT2D eigenvalue weighted by Gasteiger charge is -2.36. The van der Waals surface area contributed by atoms with Crippen molar-refractivity contribution in [2.75, 3.05) is 0 Å². The van der Waals surface area contributed by atoms with Crippen molar-refractivity contribution in [1.82, 2.24) is 5.32 Å². The van der Waals surface area contributed by atoms with Crippen LogP contribution < -0.4 is 5.32 Å². The fourth-order valence-corrected chi connectivity index (χ4v) is 1.45. The first-order valence-electron chi connectivity index (χ1n) is 6.20. The number of carbonyl (C=O) groups is 1. The Kier molecular flexibility index (Phi) is 4.16. The molecule has 0 bridgehead atoms. The second-order valence-electron chi connectivity index (χ2n) is 5.77. The van der Waals surface area contributed by atoms with Gasteiger partial charge in [0.15, 0.2) is 0 Å². The van der Waals surface area contributed by atoms with Crippen molar-refractivity contribution in [2.24, 2.45) is 5.41 Å². The van der Waals surface area contributed by atoms with Crippen molar-refractivity contribution < 1.29 is 4.79 Å². The summed E-state index contributed by atoms with van der Waals surface area (Å²) in [7, 11) is 0. The molecule has 0 heterocycles. The molecule has 0 radical (unpaired) electrons. The van der Waals surface area contributed by atoms with E-state index in [4.69, 9.17) is 0 Å². The Morgan fingerprint density at radius 3 is 2.16 bits per heavy atom. The monoisotopic (exact) mass is 256 g/mol. The first-order valence-corrected chi connectivity index (χ1v) is 6.20. The maximum Gasteiger partial charge on any atom is 0.252 e. The van der Waals surface area contributed by atoms with E-state index < -0.39 is 5.54 Å². The minimum Gasteiger partial charge on any atom is -0.333 e. The Morgan fingerprint density at radius 2 is 1.79 bits per heavy atom. The van der Waals surface area contributed by atoms with Gasteiger partial charge >= 0.3 is 0 Å². The number of nitriles is 1. The molecule has 1 rings (SSSR count). The van der Waals surface area contributed by atoms with Gasteiger partial charge in [0.1, 0.15) is 5.54 Å². The minimum absolute atomic E-state index is 0.241. The zero-order chi connectivity index (χ0) is 14.7. The molecule has 0 aliphatic carbocycles. The third-order valence-corrected chi connectivity index (χ3v) is 3.50. The second kappa shape index (κ2) is 5.27. The van der Waals surface area contributed by atoms with Gasteiger partial charge in [0, 0.05) is 5.56 Å². The van der Waals surface area contributed by atoms with Gasteiger partial charge in [-0.05, 0) is 30.0 Å². The van der Waals surface area contributed by atoms with Crippen LogP contribution in [0.2, 0.25) is 0 Å². The standard InChI is InChI=1S/C16H20N2O/c1-6-12-7-9-13(10-8-12)14(19)18-16(5,11-17)15(2,3)4/h6-10H,1H2,2-5H3,(H,18,19)/t16-/m0/s1. The summed E-state index contributed by atoms with van der Waals surface area (Å²) >= 11 is 0. The number of amides is 1. The molecule has 1 N–H and O–H groups in total. The van der Waals surface area contributed by atoms with E-state index in [0.717, 1.165) is 5.56 Å². The number of nitrogens with zero attached hydrogens (tertiary/aromatic N) is 1. The van der Waals surface area contributed by atoms with E-state index in [2.05, 4.69) is 18.0 Å². The first-order chi connectivity index (χ1) is 8.73. The predicted molar refractivity (Wildman–Crippen MR) is 77.5 cm³/mol. The minimum atomic E-state index is -0.915. The molecule has 100 valence electrons. The molecular weight excluding hydrogens is 236 g/mol. The van der Waals surface area contributed by atoms with Crippen LogP contribution >= 0.6 is 0 Å². The van der Waals surface area contributed by atoms with Crippen LogP contribution in [0.25, 0.3) is 6.08 Å². The van der Waals surface area contributed by atoms with E-state index in [1.54, 1.807) is 25.1 Å². The van der Waals surface area contributed by atoms with Crippen LogP contribution in [0.1, 0.15) is 43.6 Å². The van der Waals surface area contributed by atoms with Crippen molar-refractivity contribution in [3.05, 3.63) is 42.0 Å². The molecule has 0 aromatic heterocycles. The number of carbonyl (C=O) groups excluding carboxylic acids is 1. The lowest BCUT2D eigenvalue weighted by atomic mass is 9.76. The Morgan fingerprint density at radius 1 is 1.26 bits per heavy atom. The zero-order valence-electron chi connectivity index (χ0n) is 11.9. The summed E-state index contributed by atoms with van der Waals surface area (Å²) < 4.78 is 0. The van der Waals surface area contributed by atoms with Gasteiger partial charge in [-0.15, -0.1) is 0 Å². The van der Waals surface area contributed by atoms with Crippen LogP contribution in [0.15, 0.2) is 30.8 Å². The lowest BCUT2D eigenvalue weighted by Crippen LogP contribution is -2.53. The molecule has 0 spiro atoms. The lowest BCUT2D eigenvalue weighted by molar-refractivity contribution is 0.0868. The summed E-state index contributed by atoms with van der Waals surface area (Å²) in [6.07, 6.45) is 1.72. The fraction of sp³-hybridized carbons (Fsp3) is 0.375. The summed E-state index contributed by atoms with van der Waals surface area (Å²) in [6.45, 7) is 11.2. The van der Waals surface area contributed by atoms with E-state index in [1.165, 1.54) is 0 Å². The topological polar surface area (TPSA) is 52.9 Å². The molecule has 0 saturated carbocycles. The Labute approximate surface area is 114 Å². The summed E-state index contributed by atoms with van der Waals surface area (Å²) in [5.41, 5.74) is 0.228. The molecule has 1 aromatic carbocycles. The Balaban J connectivity index is 2.96. The van der Waals surface area contributed by atoms with E-state index in [1.807, 2.05) is 32.9 Å². The van der Waals surface area contributed by atoms with Gasteiger partial charge in [0.05, 0.1) is 6.07 Å². The number of hydrogen-bond acceptors (Lipinski definition) is 2. The third kappa shape index (κ3) is 3.23. The predicted octanol–water partition coefficient (Wildman–Crippen LogP) is 3.39. The molecule has 1 amide bonds. The molecule has 3 heteroatoms. The quantitative estimate of drug-likeness (QED) is 0.901. The maximum atomic E-state index is 12.2. The van der Waals surface area contributed by atoms with Gasteiger partial charge in [-0.1, -0.05) is 45.6 Å². The maximum absolute atomic E-state index is 12.2. The molecule has 19 heavy (non-hydrogen) atoms. The second-order valence-corrected chi connectivity index (χ2v) is 5.77. The van der Waals surface area contributed by atoms with Crippen LogP contribution in [0.5, 0.6) is 0 Å². The van der Waals surface area contributed by atoms with Crippen LogP contribution in [0, 0.1) is 16.7 Å². The average molecular weight is 256 g/mol.